The van der Waals surface area contributed by atoms with Gasteiger partial charge in [0.15, 0.2) is 17.5 Å². The first-order valence-corrected chi connectivity index (χ1v) is 19.1. The highest BCUT2D eigenvalue weighted by Gasteiger charge is 2.21. The van der Waals surface area contributed by atoms with Crippen molar-refractivity contribution in [1.82, 2.24) is 24.1 Å². The van der Waals surface area contributed by atoms with Crippen LogP contribution in [0.25, 0.3) is 111 Å². The van der Waals surface area contributed by atoms with Crippen molar-refractivity contribution in [3.63, 3.8) is 0 Å². The Hall–Kier alpha value is -7.83. The maximum Gasteiger partial charge on any atom is 0.164 e. The van der Waals surface area contributed by atoms with Crippen LogP contribution in [-0.4, -0.2) is 24.1 Å². The van der Waals surface area contributed by atoms with Gasteiger partial charge in [0.1, 0.15) is 11.2 Å². The smallest absolute Gasteiger partial charge is 0.164 e. The summed E-state index contributed by atoms with van der Waals surface area (Å²) in [6.07, 6.45) is 0. The van der Waals surface area contributed by atoms with Crippen molar-refractivity contribution in [3.05, 3.63) is 188 Å². The van der Waals surface area contributed by atoms with E-state index in [1.54, 1.807) is 0 Å². The van der Waals surface area contributed by atoms with Gasteiger partial charge in [0, 0.05) is 60.4 Å². The molecule has 0 saturated carbocycles. The number of rotatable bonds is 5. The molecule has 12 aromatic rings. The van der Waals surface area contributed by atoms with Gasteiger partial charge in [0.2, 0.25) is 0 Å². The van der Waals surface area contributed by atoms with E-state index in [4.69, 9.17) is 19.4 Å². The van der Waals surface area contributed by atoms with Crippen molar-refractivity contribution in [2.24, 2.45) is 0 Å². The molecule has 0 aliphatic carbocycles. The normalized spacial score (nSPS) is 11.9. The zero-order valence-corrected chi connectivity index (χ0v) is 30.5. The molecule has 4 heterocycles. The summed E-state index contributed by atoms with van der Waals surface area (Å²) in [4.78, 5) is 15.4. The van der Waals surface area contributed by atoms with Gasteiger partial charge in [-0.15, -0.1) is 0 Å². The minimum Gasteiger partial charge on any atom is -0.456 e. The summed E-state index contributed by atoms with van der Waals surface area (Å²) in [5.74, 6) is 1.82. The van der Waals surface area contributed by atoms with Crippen LogP contribution in [0.4, 0.5) is 0 Å². The quantitative estimate of drug-likeness (QED) is 0.177. The molecule has 0 saturated heterocycles. The third-order valence-corrected chi connectivity index (χ3v) is 11.1. The summed E-state index contributed by atoms with van der Waals surface area (Å²) < 4.78 is 10.9. The van der Waals surface area contributed by atoms with E-state index in [1.165, 1.54) is 32.6 Å². The minimum atomic E-state index is 0.601. The number of hydrogen-bond donors (Lipinski definition) is 0. The molecule has 0 spiro atoms. The molecular weight excluding hydrogens is 699 g/mol. The Bertz CT molecular complexity index is 3520. The molecule has 6 nitrogen and oxygen atoms in total. The zero-order chi connectivity index (χ0) is 37.5. The van der Waals surface area contributed by atoms with E-state index in [9.17, 15) is 0 Å². The third-order valence-electron chi connectivity index (χ3n) is 11.1. The Labute approximate surface area is 326 Å². The molecule has 57 heavy (non-hydrogen) atoms. The molecule has 0 aliphatic rings. The van der Waals surface area contributed by atoms with Crippen LogP contribution in [0.15, 0.2) is 192 Å². The van der Waals surface area contributed by atoms with Crippen LogP contribution in [0.5, 0.6) is 0 Å². The lowest BCUT2D eigenvalue weighted by molar-refractivity contribution is 0.669. The first-order valence-electron chi connectivity index (χ1n) is 19.1. The molecule has 6 heteroatoms. The molecular formula is C51H31N5O. The number of hydrogen-bond acceptors (Lipinski definition) is 4. The first-order chi connectivity index (χ1) is 28.3. The second kappa shape index (κ2) is 12.3. The number of fused-ring (bicyclic) bond motifs is 10. The molecule has 266 valence electrons. The summed E-state index contributed by atoms with van der Waals surface area (Å²) in [5.41, 5.74) is 11.2. The van der Waals surface area contributed by atoms with Gasteiger partial charge in [-0.1, -0.05) is 121 Å². The second-order valence-electron chi connectivity index (χ2n) is 14.4. The molecule has 0 N–H and O–H groups in total. The van der Waals surface area contributed by atoms with E-state index in [2.05, 4.69) is 137 Å². The summed E-state index contributed by atoms with van der Waals surface area (Å²) in [6.45, 7) is 0. The lowest BCUT2D eigenvalue weighted by Crippen LogP contribution is -2.01. The maximum absolute atomic E-state index is 6.16. The van der Waals surface area contributed by atoms with Crippen LogP contribution < -0.4 is 0 Å². The highest BCUT2D eigenvalue weighted by molar-refractivity contribution is 6.26. The summed E-state index contributed by atoms with van der Waals surface area (Å²) in [6, 6.07) is 65.6. The lowest BCUT2D eigenvalue weighted by atomic mass is 10.1. The Morgan fingerprint density at radius 1 is 0.333 bits per heavy atom. The average Bonchev–Trinajstić information content (AvgIpc) is 3.94. The van der Waals surface area contributed by atoms with Crippen LogP contribution in [0.2, 0.25) is 0 Å². The van der Waals surface area contributed by atoms with E-state index in [0.717, 1.165) is 61.0 Å². The van der Waals surface area contributed by atoms with Gasteiger partial charge in [0.05, 0.1) is 22.1 Å². The molecule has 0 atom stereocenters. The van der Waals surface area contributed by atoms with Crippen molar-refractivity contribution in [1.29, 1.82) is 0 Å². The fourth-order valence-electron chi connectivity index (χ4n) is 8.63. The molecule has 12 rings (SSSR count). The summed E-state index contributed by atoms with van der Waals surface area (Å²) >= 11 is 0. The molecule has 0 aliphatic heterocycles. The molecule has 0 bridgehead atoms. The predicted octanol–water partition coefficient (Wildman–Crippen LogP) is 13.0. The Balaban J connectivity index is 1.10. The fraction of sp³-hybridized carbons (Fsp3) is 0. The number of benzene rings is 8. The highest BCUT2D eigenvalue weighted by atomic mass is 16.3. The van der Waals surface area contributed by atoms with Gasteiger partial charge in [-0.3, -0.25) is 0 Å². The van der Waals surface area contributed by atoms with E-state index >= 15 is 0 Å². The van der Waals surface area contributed by atoms with Crippen LogP contribution in [-0.2, 0) is 0 Å². The van der Waals surface area contributed by atoms with Crippen LogP contribution in [0.3, 0.4) is 0 Å². The molecule has 0 radical (unpaired) electrons. The van der Waals surface area contributed by atoms with Crippen molar-refractivity contribution < 1.29 is 4.42 Å². The highest BCUT2D eigenvalue weighted by Crippen LogP contribution is 2.42. The van der Waals surface area contributed by atoms with E-state index in [-0.39, 0.29) is 0 Å². The second-order valence-corrected chi connectivity index (χ2v) is 14.4. The largest absolute Gasteiger partial charge is 0.456 e. The molecule has 0 amide bonds. The molecule has 4 aromatic heterocycles. The van der Waals surface area contributed by atoms with Crippen LogP contribution >= 0.6 is 0 Å². The number of aromatic nitrogens is 5. The van der Waals surface area contributed by atoms with E-state index in [0.29, 0.717) is 17.5 Å². The van der Waals surface area contributed by atoms with Gasteiger partial charge < -0.3 is 13.6 Å². The minimum absolute atomic E-state index is 0.601. The zero-order valence-electron chi connectivity index (χ0n) is 30.5. The maximum atomic E-state index is 6.16. The van der Waals surface area contributed by atoms with E-state index in [1.807, 2.05) is 60.7 Å². The Morgan fingerprint density at radius 2 is 0.912 bits per heavy atom. The van der Waals surface area contributed by atoms with Crippen molar-refractivity contribution in [3.8, 4) is 45.5 Å². The van der Waals surface area contributed by atoms with E-state index < -0.39 is 0 Å². The van der Waals surface area contributed by atoms with Crippen LogP contribution in [0, 0.1) is 0 Å². The van der Waals surface area contributed by atoms with Crippen molar-refractivity contribution in [2.45, 2.75) is 0 Å². The summed E-state index contributed by atoms with van der Waals surface area (Å²) in [7, 11) is 0. The van der Waals surface area contributed by atoms with Crippen molar-refractivity contribution in [2.75, 3.05) is 0 Å². The van der Waals surface area contributed by atoms with Gasteiger partial charge in [-0.2, -0.15) is 0 Å². The fourth-order valence-corrected chi connectivity index (χ4v) is 8.63. The van der Waals surface area contributed by atoms with Gasteiger partial charge in [0.25, 0.3) is 0 Å². The topological polar surface area (TPSA) is 61.7 Å². The molecule has 0 fully saturated rings. The average molecular weight is 730 g/mol. The predicted molar refractivity (Wildman–Crippen MR) is 232 cm³/mol. The first kappa shape index (κ1) is 31.5. The summed E-state index contributed by atoms with van der Waals surface area (Å²) in [5, 5.41) is 6.91. The number of furan rings is 1. The number of para-hydroxylation sites is 4. The SMILES string of the molecule is c1ccc(-c2nc(-c3cccc(-n4c5ccccc5c5ccc6c(c7ccccc7n6-c6ccccc6)c54)c3)nc(-c3ccc4oc5ccccc5c4c3)n2)cc1. The lowest BCUT2D eigenvalue weighted by Gasteiger charge is -2.12. The Morgan fingerprint density at radius 3 is 1.70 bits per heavy atom. The number of nitrogens with zero attached hydrogens (tertiary/aromatic N) is 5. The van der Waals surface area contributed by atoms with Crippen molar-refractivity contribution >= 4 is 65.6 Å². The molecule has 8 aromatic carbocycles. The van der Waals surface area contributed by atoms with Crippen LogP contribution in [0.1, 0.15) is 0 Å². The third kappa shape index (κ3) is 4.87. The standard InChI is InChI=1S/C51H31N5O/c1-3-14-32(15-4-1)49-52-50(54-51(53-49)34-26-29-46-41(31-34)38-21-9-12-25-45(38)57-46)33-16-13-19-36(30-33)56-42-23-10-7-20-37(42)39-27-28-44-47(48(39)56)40-22-8-11-24-43(40)55(44)35-17-5-2-6-18-35/h1-31H. The van der Waals surface area contributed by atoms with Gasteiger partial charge >= 0.3 is 0 Å². The van der Waals surface area contributed by atoms with Gasteiger partial charge in [-0.05, 0) is 66.7 Å². The monoisotopic (exact) mass is 729 g/mol. The Kier molecular flexibility index (Phi) is 6.83. The molecule has 0 unspecified atom stereocenters. The van der Waals surface area contributed by atoms with Gasteiger partial charge in [-0.25, -0.2) is 15.0 Å².